The quantitative estimate of drug-likeness (QED) is 0.379. The first-order valence-electron chi connectivity index (χ1n) is 5.49. The first kappa shape index (κ1) is 14.4. The second-order valence-corrected chi connectivity index (χ2v) is 5.20. The van der Waals surface area contributed by atoms with Crippen LogP contribution in [0.15, 0.2) is 29.4 Å². The van der Waals surface area contributed by atoms with Crippen LogP contribution >= 0.6 is 23.3 Å². The molecule has 0 fully saturated rings. The number of carbonyl (C=O) groups excluding carboxylic acids is 1. The molecule has 0 aliphatic rings. The van der Waals surface area contributed by atoms with Crippen LogP contribution in [-0.4, -0.2) is 32.9 Å². The molecule has 0 radical (unpaired) electrons. The molecule has 2 rings (SSSR count). The summed E-state index contributed by atoms with van der Waals surface area (Å²) >= 11 is 2.58. The summed E-state index contributed by atoms with van der Waals surface area (Å²) < 4.78 is 4.05. The third-order valence-corrected chi connectivity index (χ3v) is 3.71. The second-order valence-electron chi connectivity index (χ2n) is 3.67. The summed E-state index contributed by atoms with van der Waals surface area (Å²) in [6, 6.07) is 5.64. The first-order valence-corrected chi connectivity index (χ1v) is 7.49. The number of hydrogen-bond acceptors (Lipinski definition) is 8. The Morgan fingerprint density at radius 3 is 3.00 bits per heavy atom. The van der Waals surface area contributed by atoms with Crippen LogP contribution in [0.4, 0.5) is 10.8 Å². The Labute approximate surface area is 122 Å². The zero-order valence-electron chi connectivity index (χ0n) is 10.4. The highest BCUT2D eigenvalue weighted by Gasteiger charge is 2.12. The number of hydrogen-bond donors (Lipinski definition) is 1. The molecule has 104 valence electrons. The second kappa shape index (κ2) is 6.44. The number of carbonyl (C=O) groups is 1. The lowest BCUT2D eigenvalue weighted by Gasteiger charge is -2.01. The molecule has 0 aliphatic heterocycles. The van der Waals surface area contributed by atoms with Gasteiger partial charge in [-0.1, -0.05) is 23.9 Å². The van der Waals surface area contributed by atoms with Gasteiger partial charge in [0.2, 0.25) is 10.3 Å². The molecule has 9 heteroatoms. The van der Waals surface area contributed by atoms with E-state index in [2.05, 4.69) is 14.7 Å². The fraction of sp³-hybridized carbons (Fsp3) is 0.182. The number of nitrogens with one attached hydrogen (secondary N) is 1. The summed E-state index contributed by atoms with van der Waals surface area (Å²) in [4.78, 5) is 26.2. The molecule has 0 aliphatic carbocycles. The largest absolute Gasteiger partial charge is 0.353 e. The Kier molecular flexibility index (Phi) is 4.64. The van der Waals surface area contributed by atoms with Gasteiger partial charge in [0.15, 0.2) is 5.78 Å². The van der Waals surface area contributed by atoms with Gasteiger partial charge in [-0.05, 0) is 6.26 Å². The van der Waals surface area contributed by atoms with E-state index in [1.54, 1.807) is 6.07 Å². The fourth-order valence-corrected chi connectivity index (χ4v) is 2.54. The molecule has 1 aromatic heterocycles. The first-order chi connectivity index (χ1) is 9.60. The predicted octanol–water partition coefficient (Wildman–Crippen LogP) is 2.46. The maximum absolute atomic E-state index is 11.9. The number of Topliss-reactive ketones (excluding diaryl/α,β-unsaturated/α-hetero) is 1. The van der Waals surface area contributed by atoms with Crippen molar-refractivity contribution in [3.8, 4) is 0 Å². The molecule has 0 spiro atoms. The Morgan fingerprint density at radius 1 is 1.55 bits per heavy atom. The highest BCUT2D eigenvalue weighted by atomic mass is 32.2. The molecule has 1 heterocycles. The molecule has 2 aromatic rings. The summed E-state index contributed by atoms with van der Waals surface area (Å²) in [7, 11) is 0. The molecule has 20 heavy (non-hydrogen) atoms. The number of nitro groups is 1. The van der Waals surface area contributed by atoms with Crippen molar-refractivity contribution in [2.45, 2.75) is 5.16 Å². The minimum absolute atomic E-state index is 0.0180. The summed E-state index contributed by atoms with van der Waals surface area (Å²) in [6.45, 7) is 0.0180. The molecule has 0 bridgehead atoms. The smallest absolute Gasteiger partial charge is 0.270 e. The van der Waals surface area contributed by atoms with Crippen LogP contribution in [0.5, 0.6) is 0 Å². The lowest BCUT2D eigenvalue weighted by atomic mass is 10.1. The van der Waals surface area contributed by atoms with E-state index in [-0.39, 0.29) is 18.0 Å². The summed E-state index contributed by atoms with van der Waals surface area (Å²) in [5, 5.41) is 14.7. The van der Waals surface area contributed by atoms with Gasteiger partial charge in [0.1, 0.15) is 0 Å². The molecule has 0 unspecified atom stereocenters. The minimum Gasteiger partial charge on any atom is -0.353 e. The van der Waals surface area contributed by atoms with Crippen LogP contribution in [0.1, 0.15) is 10.4 Å². The zero-order valence-corrected chi connectivity index (χ0v) is 12.0. The van der Waals surface area contributed by atoms with Crippen molar-refractivity contribution < 1.29 is 9.72 Å². The van der Waals surface area contributed by atoms with Gasteiger partial charge in [-0.25, -0.2) is 0 Å². The number of non-ortho nitro benzene ring substituents is 1. The summed E-state index contributed by atoms with van der Waals surface area (Å²) in [5.41, 5.74) is 0.192. The van der Waals surface area contributed by atoms with Crippen LogP contribution in [0.3, 0.4) is 0 Å². The predicted molar refractivity (Wildman–Crippen MR) is 77.6 cm³/mol. The van der Waals surface area contributed by atoms with E-state index in [0.29, 0.717) is 15.9 Å². The SMILES string of the molecule is CSc1nsc(NCC(=O)c2cccc([N+](=O)[O-])c2)n1. The number of benzene rings is 1. The number of thioether (sulfide) groups is 1. The van der Waals surface area contributed by atoms with Gasteiger partial charge in [0.05, 0.1) is 11.5 Å². The molecular weight excluding hydrogens is 300 g/mol. The molecular formula is C11H10N4O3S2. The summed E-state index contributed by atoms with van der Waals surface area (Å²) in [6.07, 6.45) is 1.86. The average molecular weight is 310 g/mol. The minimum atomic E-state index is -0.528. The van der Waals surface area contributed by atoms with E-state index in [0.717, 1.165) is 0 Å². The van der Waals surface area contributed by atoms with Gasteiger partial charge in [-0.15, -0.1) is 0 Å². The van der Waals surface area contributed by atoms with E-state index < -0.39 is 4.92 Å². The Morgan fingerprint density at radius 2 is 2.35 bits per heavy atom. The van der Waals surface area contributed by atoms with Gasteiger partial charge >= 0.3 is 0 Å². The van der Waals surface area contributed by atoms with E-state index in [1.807, 2.05) is 6.26 Å². The number of rotatable bonds is 6. The highest BCUT2D eigenvalue weighted by Crippen LogP contribution is 2.18. The van der Waals surface area contributed by atoms with Crippen molar-refractivity contribution in [1.29, 1.82) is 0 Å². The summed E-state index contributed by atoms with van der Waals surface area (Å²) in [5.74, 6) is -0.241. The molecule has 0 atom stereocenters. The van der Waals surface area contributed by atoms with E-state index >= 15 is 0 Å². The van der Waals surface area contributed by atoms with Crippen LogP contribution in [0, 0.1) is 10.1 Å². The fourth-order valence-electron chi connectivity index (χ4n) is 1.42. The van der Waals surface area contributed by atoms with Crippen molar-refractivity contribution in [2.24, 2.45) is 0 Å². The third kappa shape index (κ3) is 3.52. The number of nitrogens with zero attached hydrogens (tertiary/aromatic N) is 3. The van der Waals surface area contributed by atoms with Gasteiger partial charge in [-0.2, -0.15) is 9.36 Å². The van der Waals surface area contributed by atoms with Gasteiger partial charge < -0.3 is 5.32 Å². The van der Waals surface area contributed by atoms with Crippen molar-refractivity contribution in [2.75, 3.05) is 18.1 Å². The van der Waals surface area contributed by atoms with Crippen molar-refractivity contribution >= 4 is 39.9 Å². The maximum Gasteiger partial charge on any atom is 0.270 e. The normalized spacial score (nSPS) is 10.2. The molecule has 0 amide bonds. The average Bonchev–Trinajstić information content (AvgIpc) is 2.93. The number of anilines is 1. The van der Waals surface area contributed by atoms with Crippen molar-refractivity contribution in [3.05, 3.63) is 39.9 Å². The Balaban J connectivity index is 2.01. The van der Waals surface area contributed by atoms with Gasteiger partial charge in [0, 0.05) is 29.2 Å². The molecule has 1 aromatic carbocycles. The third-order valence-electron chi connectivity index (χ3n) is 2.37. The lowest BCUT2D eigenvalue weighted by molar-refractivity contribution is -0.384. The number of nitro benzene ring substituents is 1. The molecule has 0 saturated heterocycles. The van der Waals surface area contributed by atoms with Gasteiger partial charge in [0.25, 0.3) is 5.69 Å². The van der Waals surface area contributed by atoms with E-state index in [4.69, 9.17) is 0 Å². The topological polar surface area (TPSA) is 98.0 Å². The van der Waals surface area contributed by atoms with Gasteiger partial charge in [-0.3, -0.25) is 14.9 Å². The van der Waals surface area contributed by atoms with E-state index in [9.17, 15) is 14.9 Å². The number of aromatic nitrogens is 2. The molecule has 1 N–H and O–H groups in total. The Hall–Kier alpha value is -2.00. The maximum atomic E-state index is 11.9. The zero-order chi connectivity index (χ0) is 14.5. The van der Waals surface area contributed by atoms with Crippen LogP contribution in [0.25, 0.3) is 0 Å². The van der Waals surface area contributed by atoms with Crippen LogP contribution < -0.4 is 5.32 Å². The monoisotopic (exact) mass is 310 g/mol. The Bertz CT molecular complexity index is 644. The van der Waals surface area contributed by atoms with Crippen molar-refractivity contribution in [3.63, 3.8) is 0 Å². The molecule has 7 nitrogen and oxygen atoms in total. The van der Waals surface area contributed by atoms with E-state index in [1.165, 1.54) is 41.5 Å². The number of ketones is 1. The van der Waals surface area contributed by atoms with Crippen LogP contribution in [-0.2, 0) is 0 Å². The van der Waals surface area contributed by atoms with Crippen LogP contribution in [0.2, 0.25) is 0 Å². The van der Waals surface area contributed by atoms with Crippen molar-refractivity contribution in [1.82, 2.24) is 9.36 Å². The molecule has 0 saturated carbocycles. The highest BCUT2D eigenvalue weighted by molar-refractivity contribution is 7.98. The lowest BCUT2D eigenvalue weighted by Crippen LogP contribution is -2.14. The standard InChI is InChI=1S/C11H10N4O3S2/c1-19-11-13-10(20-14-11)12-6-9(16)7-3-2-4-8(5-7)15(17)18/h2-5H,6H2,1H3,(H,12,13,14).